The molecule has 1 atom stereocenters. The Bertz CT molecular complexity index is 572. The fraction of sp³-hybridized carbons (Fsp3) is 0.231. The van der Waals surface area contributed by atoms with E-state index in [9.17, 15) is 9.59 Å². The van der Waals surface area contributed by atoms with Crippen LogP contribution in [0.15, 0.2) is 35.7 Å². The Hall–Kier alpha value is -2.28. The van der Waals surface area contributed by atoms with Crippen LogP contribution in [0.5, 0.6) is 0 Å². The number of carbonyl (C=O) groups is 2. The van der Waals surface area contributed by atoms with Crippen molar-refractivity contribution in [3.8, 4) is 0 Å². The number of aliphatic carboxylic acids is 1. The highest BCUT2D eigenvalue weighted by atomic mass is 32.1. The van der Waals surface area contributed by atoms with E-state index in [-0.39, 0.29) is 5.69 Å². The number of benzene rings is 1. The minimum absolute atomic E-state index is 0.140. The molecule has 2 N–H and O–H groups in total. The lowest BCUT2D eigenvalue weighted by Gasteiger charge is -2.13. The van der Waals surface area contributed by atoms with Crippen molar-refractivity contribution >= 4 is 23.4 Å². The second kappa shape index (κ2) is 6.76. The van der Waals surface area contributed by atoms with Crippen LogP contribution in [-0.4, -0.2) is 32.6 Å². The number of rotatable bonds is 6. The van der Waals surface area contributed by atoms with Gasteiger partial charge in [-0.3, -0.25) is 4.79 Å². The summed E-state index contributed by atoms with van der Waals surface area (Å²) in [5.41, 5.74) is 1.17. The molecule has 0 aliphatic rings. The molecule has 7 heteroatoms. The van der Waals surface area contributed by atoms with E-state index in [2.05, 4.69) is 14.9 Å². The van der Waals surface area contributed by atoms with Crippen molar-refractivity contribution in [1.29, 1.82) is 0 Å². The van der Waals surface area contributed by atoms with E-state index in [1.807, 2.05) is 30.3 Å². The normalized spacial score (nSPS) is 11.8. The monoisotopic (exact) mass is 291 g/mol. The molecule has 0 aliphatic carbocycles. The maximum Gasteiger partial charge on any atom is 0.326 e. The van der Waals surface area contributed by atoms with Gasteiger partial charge in [-0.25, -0.2) is 4.79 Å². The van der Waals surface area contributed by atoms with Crippen LogP contribution < -0.4 is 5.32 Å². The standard InChI is InChI=1S/C13H13N3O3S/c17-12(11-8-20-16-15-11)14-10(13(18)19)7-6-9-4-2-1-3-5-9/h1-5,8,10H,6-7H2,(H,14,17)(H,18,19)/t10-/m0/s1. The van der Waals surface area contributed by atoms with Gasteiger partial charge in [0.25, 0.3) is 5.91 Å². The van der Waals surface area contributed by atoms with Crippen molar-refractivity contribution in [1.82, 2.24) is 14.9 Å². The molecule has 1 heterocycles. The third-order valence-electron chi connectivity index (χ3n) is 2.76. The first kappa shape index (κ1) is 14.1. The zero-order valence-corrected chi connectivity index (χ0v) is 11.3. The molecule has 0 spiro atoms. The Morgan fingerprint density at radius 2 is 2.05 bits per heavy atom. The molecule has 0 saturated heterocycles. The molecule has 20 heavy (non-hydrogen) atoms. The van der Waals surface area contributed by atoms with Crippen LogP contribution in [0.1, 0.15) is 22.5 Å². The third-order valence-corrected chi connectivity index (χ3v) is 3.27. The van der Waals surface area contributed by atoms with Gasteiger partial charge in [0, 0.05) is 5.38 Å². The van der Waals surface area contributed by atoms with E-state index in [4.69, 9.17) is 5.11 Å². The molecule has 1 aromatic heterocycles. The van der Waals surface area contributed by atoms with Gasteiger partial charge in [-0.15, -0.1) is 5.10 Å². The summed E-state index contributed by atoms with van der Waals surface area (Å²) < 4.78 is 3.57. The van der Waals surface area contributed by atoms with Gasteiger partial charge in [-0.05, 0) is 29.9 Å². The molecule has 2 aromatic rings. The molecule has 0 saturated carbocycles. The second-order valence-electron chi connectivity index (χ2n) is 4.18. The fourth-order valence-electron chi connectivity index (χ4n) is 1.71. The molecule has 0 fully saturated rings. The average molecular weight is 291 g/mol. The number of carbonyl (C=O) groups excluding carboxylic acids is 1. The first-order chi connectivity index (χ1) is 9.66. The minimum atomic E-state index is -1.06. The number of nitrogens with zero attached hydrogens (tertiary/aromatic N) is 2. The van der Waals surface area contributed by atoms with Crippen LogP contribution in [0.3, 0.4) is 0 Å². The van der Waals surface area contributed by atoms with Gasteiger partial charge in [0.05, 0.1) is 0 Å². The van der Waals surface area contributed by atoms with E-state index in [1.54, 1.807) is 0 Å². The Kier molecular flexibility index (Phi) is 4.78. The van der Waals surface area contributed by atoms with Gasteiger partial charge >= 0.3 is 5.97 Å². The highest BCUT2D eigenvalue weighted by molar-refractivity contribution is 7.03. The second-order valence-corrected chi connectivity index (χ2v) is 4.79. The Morgan fingerprint density at radius 3 is 2.65 bits per heavy atom. The molecule has 0 radical (unpaired) electrons. The number of hydrogen-bond acceptors (Lipinski definition) is 5. The summed E-state index contributed by atoms with van der Waals surface area (Å²) in [6.07, 6.45) is 0.899. The molecular formula is C13H13N3O3S. The lowest BCUT2D eigenvalue weighted by atomic mass is 10.1. The van der Waals surface area contributed by atoms with Gasteiger partial charge in [0.2, 0.25) is 0 Å². The van der Waals surface area contributed by atoms with Crippen molar-refractivity contribution < 1.29 is 14.7 Å². The van der Waals surface area contributed by atoms with E-state index in [1.165, 1.54) is 5.38 Å². The lowest BCUT2D eigenvalue weighted by molar-refractivity contribution is -0.139. The molecule has 1 amide bonds. The molecule has 6 nitrogen and oxygen atoms in total. The maximum atomic E-state index is 11.8. The number of carboxylic acid groups (broad SMARTS) is 1. The van der Waals surface area contributed by atoms with Gasteiger partial charge in [0.1, 0.15) is 6.04 Å². The highest BCUT2D eigenvalue weighted by Gasteiger charge is 2.21. The summed E-state index contributed by atoms with van der Waals surface area (Å²) >= 11 is 1.04. The Balaban J connectivity index is 1.94. The van der Waals surface area contributed by atoms with Crippen LogP contribution in [-0.2, 0) is 11.2 Å². The molecule has 104 valence electrons. The lowest BCUT2D eigenvalue weighted by Crippen LogP contribution is -2.41. The van der Waals surface area contributed by atoms with Crippen molar-refractivity contribution in [2.24, 2.45) is 0 Å². The van der Waals surface area contributed by atoms with E-state index in [0.29, 0.717) is 12.8 Å². The zero-order chi connectivity index (χ0) is 14.4. The topological polar surface area (TPSA) is 92.2 Å². The van der Waals surface area contributed by atoms with E-state index < -0.39 is 17.9 Å². The van der Waals surface area contributed by atoms with Crippen molar-refractivity contribution in [2.75, 3.05) is 0 Å². The Morgan fingerprint density at radius 1 is 1.30 bits per heavy atom. The summed E-state index contributed by atoms with van der Waals surface area (Å²) in [6, 6.07) is 8.59. The number of aryl methyl sites for hydroxylation is 1. The predicted molar refractivity (Wildman–Crippen MR) is 73.6 cm³/mol. The van der Waals surface area contributed by atoms with Crippen molar-refractivity contribution in [3.63, 3.8) is 0 Å². The first-order valence-corrected chi connectivity index (χ1v) is 6.85. The Labute approximate surface area is 119 Å². The van der Waals surface area contributed by atoms with Crippen LogP contribution in [0.25, 0.3) is 0 Å². The summed E-state index contributed by atoms with van der Waals surface area (Å²) in [5.74, 6) is -1.57. The van der Waals surface area contributed by atoms with E-state index >= 15 is 0 Å². The van der Waals surface area contributed by atoms with Gasteiger partial charge in [-0.1, -0.05) is 34.8 Å². The van der Waals surface area contributed by atoms with Gasteiger partial charge in [-0.2, -0.15) is 0 Å². The van der Waals surface area contributed by atoms with Crippen LogP contribution in [0, 0.1) is 0 Å². The molecule has 0 bridgehead atoms. The SMILES string of the molecule is O=C(N[C@@H](CCc1ccccc1)C(=O)O)c1csnn1. The highest BCUT2D eigenvalue weighted by Crippen LogP contribution is 2.06. The zero-order valence-electron chi connectivity index (χ0n) is 10.5. The molecule has 2 rings (SSSR count). The van der Waals surface area contributed by atoms with Crippen molar-refractivity contribution in [3.05, 3.63) is 47.0 Å². The fourth-order valence-corrected chi connectivity index (χ4v) is 2.15. The summed E-state index contributed by atoms with van der Waals surface area (Å²) in [4.78, 5) is 22.9. The van der Waals surface area contributed by atoms with Crippen molar-refractivity contribution in [2.45, 2.75) is 18.9 Å². The smallest absolute Gasteiger partial charge is 0.326 e. The number of carboxylic acids is 1. The minimum Gasteiger partial charge on any atom is -0.480 e. The molecule has 0 aliphatic heterocycles. The predicted octanol–water partition coefficient (Wildman–Crippen LogP) is 1.35. The summed E-state index contributed by atoms with van der Waals surface area (Å²) in [5, 5.41) is 16.7. The summed E-state index contributed by atoms with van der Waals surface area (Å²) in [6.45, 7) is 0. The number of aromatic nitrogens is 2. The first-order valence-electron chi connectivity index (χ1n) is 6.01. The maximum absolute atomic E-state index is 11.8. The number of hydrogen-bond donors (Lipinski definition) is 2. The van der Waals surface area contributed by atoms with Crippen LogP contribution in [0.4, 0.5) is 0 Å². The third kappa shape index (κ3) is 3.86. The van der Waals surface area contributed by atoms with Crippen LogP contribution in [0.2, 0.25) is 0 Å². The van der Waals surface area contributed by atoms with Gasteiger partial charge < -0.3 is 10.4 Å². The van der Waals surface area contributed by atoms with Crippen LogP contribution >= 0.6 is 11.5 Å². The molecular weight excluding hydrogens is 278 g/mol. The summed E-state index contributed by atoms with van der Waals surface area (Å²) in [7, 11) is 0. The molecule has 0 unspecified atom stereocenters. The van der Waals surface area contributed by atoms with E-state index in [0.717, 1.165) is 17.1 Å². The number of nitrogens with one attached hydrogen (secondary N) is 1. The number of amides is 1. The quantitative estimate of drug-likeness (QED) is 0.838. The largest absolute Gasteiger partial charge is 0.480 e. The molecule has 1 aromatic carbocycles. The average Bonchev–Trinajstić information content (AvgIpc) is 2.98. The van der Waals surface area contributed by atoms with Gasteiger partial charge in [0.15, 0.2) is 5.69 Å².